The number of nitrogens with two attached hydrogens (primary N) is 1. The number of hydrogen-bond acceptors (Lipinski definition) is 5. The van der Waals surface area contributed by atoms with Gasteiger partial charge >= 0.3 is 0 Å². The number of pyridine rings is 1. The van der Waals surface area contributed by atoms with Gasteiger partial charge in [0.05, 0.1) is 11.9 Å². The fourth-order valence-electron chi connectivity index (χ4n) is 1.48. The van der Waals surface area contributed by atoms with Crippen molar-refractivity contribution in [2.45, 2.75) is 37.9 Å². The van der Waals surface area contributed by atoms with E-state index in [4.69, 9.17) is 5.73 Å². The molecule has 94 valence electrons. The fourth-order valence-corrected chi connectivity index (χ4v) is 2.37. The Morgan fingerprint density at radius 3 is 2.22 bits per heavy atom. The average molecular weight is 260 g/mol. The Morgan fingerprint density at radius 1 is 1.06 bits per heavy atom. The van der Waals surface area contributed by atoms with Crippen molar-refractivity contribution in [3.63, 3.8) is 0 Å². The molecule has 2 heterocycles. The first-order valence-electron chi connectivity index (χ1n) is 5.69. The summed E-state index contributed by atoms with van der Waals surface area (Å²) in [5.41, 5.74) is 10.6. The molecule has 2 N–H and O–H groups in total. The highest BCUT2D eigenvalue weighted by Crippen LogP contribution is 2.26. The SMILES string of the molecule is Cc1cc(Sc2nc(C)c(C)c(C)n2)ncc1N. The molecular formula is C13H16N4S. The Balaban J connectivity index is 2.31. The first-order chi connectivity index (χ1) is 8.47. The van der Waals surface area contributed by atoms with Crippen LogP contribution in [0.5, 0.6) is 0 Å². The minimum Gasteiger partial charge on any atom is -0.397 e. The van der Waals surface area contributed by atoms with E-state index in [1.165, 1.54) is 11.8 Å². The lowest BCUT2D eigenvalue weighted by Gasteiger charge is -2.07. The Hall–Kier alpha value is -1.62. The highest BCUT2D eigenvalue weighted by molar-refractivity contribution is 7.99. The minimum atomic E-state index is 0.705. The molecule has 0 spiro atoms. The van der Waals surface area contributed by atoms with Gasteiger partial charge < -0.3 is 5.73 Å². The van der Waals surface area contributed by atoms with E-state index >= 15 is 0 Å². The fraction of sp³-hybridized carbons (Fsp3) is 0.308. The molecule has 0 unspecified atom stereocenters. The number of hydrogen-bond donors (Lipinski definition) is 1. The maximum atomic E-state index is 5.75. The number of aromatic nitrogens is 3. The molecule has 0 radical (unpaired) electrons. The van der Waals surface area contributed by atoms with Crippen LogP contribution >= 0.6 is 11.8 Å². The molecule has 0 aromatic carbocycles. The van der Waals surface area contributed by atoms with Crippen molar-refractivity contribution >= 4 is 17.4 Å². The number of nitrogen functional groups attached to an aromatic ring is 1. The monoisotopic (exact) mass is 260 g/mol. The summed E-state index contributed by atoms with van der Waals surface area (Å²) in [5.74, 6) is 0. The molecule has 0 fully saturated rings. The molecule has 2 aromatic rings. The van der Waals surface area contributed by atoms with Gasteiger partial charge in [-0.15, -0.1) is 0 Å². The molecule has 4 nitrogen and oxygen atoms in total. The predicted molar refractivity (Wildman–Crippen MR) is 73.8 cm³/mol. The highest BCUT2D eigenvalue weighted by Gasteiger charge is 2.07. The van der Waals surface area contributed by atoms with E-state index in [9.17, 15) is 0 Å². The standard InChI is InChI=1S/C13H16N4S/c1-7-5-12(15-6-11(7)14)18-13-16-9(3)8(2)10(4)17-13/h5-6H,14H2,1-4H3. The Kier molecular flexibility index (Phi) is 3.52. The molecule has 5 heteroatoms. The Morgan fingerprint density at radius 2 is 1.67 bits per heavy atom. The van der Waals surface area contributed by atoms with Crippen molar-refractivity contribution in [3.8, 4) is 0 Å². The lowest BCUT2D eigenvalue weighted by Crippen LogP contribution is -1.98. The summed E-state index contributed by atoms with van der Waals surface area (Å²) >= 11 is 1.46. The molecule has 0 aliphatic heterocycles. The van der Waals surface area contributed by atoms with Gasteiger partial charge in [-0.2, -0.15) is 0 Å². The molecule has 0 saturated heterocycles. The van der Waals surface area contributed by atoms with Crippen LogP contribution in [0.15, 0.2) is 22.4 Å². The van der Waals surface area contributed by atoms with Crippen molar-refractivity contribution in [2.75, 3.05) is 5.73 Å². The van der Waals surface area contributed by atoms with Gasteiger partial charge in [-0.05, 0) is 56.7 Å². The molecule has 0 aliphatic rings. The van der Waals surface area contributed by atoms with E-state index in [0.717, 1.165) is 32.7 Å². The smallest absolute Gasteiger partial charge is 0.194 e. The van der Waals surface area contributed by atoms with Crippen LogP contribution in [0.1, 0.15) is 22.5 Å². The van der Waals surface area contributed by atoms with Crippen molar-refractivity contribution in [1.82, 2.24) is 15.0 Å². The van der Waals surface area contributed by atoms with Crippen LogP contribution in [-0.4, -0.2) is 15.0 Å². The van der Waals surface area contributed by atoms with Crippen LogP contribution in [0, 0.1) is 27.7 Å². The van der Waals surface area contributed by atoms with Gasteiger partial charge in [0, 0.05) is 11.4 Å². The number of anilines is 1. The van der Waals surface area contributed by atoms with Gasteiger partial charge in [-0.1, -0.05) is 0 Å². The highest BCUT2D eigenvalue weighted by atomic mass is 32.2. The summed E-state index contributed by atoms with van der Waals surface area (Å²) in [7, 11) is 0. The van der Waals surface area contributed by atoms with Crippen molar-refractivity contribution in [2.24, 2.45) is 0 Å². The summed E-state index contributed by atoms with van der Waals surface area (Å²) in [6.45, 7) is 7.99. The van der Waals surface area contributed by atoms with Crippen LogP contribution in [0.4, 0.5) is 5.69 Å². The van der Waals surface area contributed by atoms with E-state index in [0.29, 0.717) is 5.69 Å². The quantitative estimate of drug-likeness (QED) is 0.841. The first-order valence-corrected chi connectivity index (χ1v) is 6.51. The second kappa shape index (κ2) is 4.94. The van der Waals surface area contributed by atoms with Gasteiger partial charge in [-0.3, -0.25) is 0 Å². The van der Waals surface area contributed by atoms with Crippen LogP contribution < -0.4 is 5.73 Å². The maximum Gasteiger partial charge on any atom is 0.194 e. The average Bonchev–Trinajstić information content (AvgIpc) is 2.31. The summed E-state index contributed by atoms with van der Waals surface area (Å²) in [5, 5.41) is 1.59. The van der Waals surface area contributed by atoms with E-state index in [2.05, 4.69) is 15.0 Å². The second-order valence-corrected chi connectivity index (χ2v) is 5.27. The molecule has 18 heavy (non-hydrogen) atoms. The molecule has 0 saturated carbocycles. The summed E-state index contributed by atoms with van der Waals surface area (Å²) in [6, 6.07) is 1.95. The summed E-state index contributed by atoms with van der Waals surface area (Å²) in [4.78, 5) is 13.2. The third kappa shape index (κ3) is 2.61. The van der Waals surface area contributed by atoms with Gasteiger partial charge in [0.25, 0.3) is 0 Å². The number of rotatable bonds is 2. The van der Waals surface area contributed by atoms with E-state index < -0.39 is 0 Å². The van der Waals surface area contributed by atoms with Gasteiger partial charge in [0.1, 0.15) is 5.03 Å². The zero-order valence-electron chi connectivity index (χ0n) is 11.0. The molecule has 0 atom stereocenters. The van der Waals surface area contributed by atoms with E-state index in [-0.39, 0.29) is 0 Å². The zero-order valence-corrected chi connectivity index (χ0v) is 11.8. The van der Waals surface area contributed by atoms with Crippen LogP contribution in [-0.2, 0) is 0 Å². The second-order valence-electron chi connectivity index (χ2n) is 4.28. The molecule has 0 amide bonds. The van der Waals surface area contributed by atoms with Gasteiger partial charge in [0.15, 0.2) is 5.16 Å². The summed E-state index contributed by atoms with van der Waals surface area (Å²) in [6.07, 6.45) is 1.67. The third-order valence-electron chi connectivity index (χ3n) is 2.93. The third-order valence-corrected chi connectivity index (χ3v) is 3.73. The van der Waals surface area contributed by atoms with Crippen molar-refractivity contribution in [3.05, 3.63) is 34.8 Å². The molecular weight excluding hydrogens is 244 g/mol. The number of nitrogens with zero attached hydrogens (tertiary/aromatic N) is 3. The largest absolute Gasteiger partial charge is 0.397 e. The van der Waals surface area contributed by atoms with Crippen LogP contribution in [0.3, 0.4) is 0 Å². The Labute approximate surface area is 111 Å². The van der Waals surface area contributed by atoms with Crippen LogP contribution in [0.25, 0.3) is 0 Å². The molecule has 0 bridgehead atoms. The van der Waals surface area contributed by atoms with Crippen molar-refractivity contribution < 1.29 is 0 Å². The zero-order chi connectivity index (χ0) is 13.3. The summed E-state index contributed by atoms with van der Waals surface area (Å²) < 4.78 is 0. The Bertz CT molecular complexity index is 573. The number of aryl methyl sites for hydroxylation is 3. The van der Waals surface area contributed by atoms with Crippen molar-refractivity contribution in [1.29, 1.82) is 0 Å². The first kappa shape index (κ1) is 12.8. The van der Waals surface area contributed by atoms with E-state index in [1.54, 1.807) is 6.20 Å². The lowest BCUT2D eigenvalue weighted by atomic mass is 10.2. The van der Waals surface area contributed by atoms with E-state index in [1.807, 2.05) is 33.8 Å². The van der Waals surface area contributed by atoms with Crippen LogP contribution in [0.2, 0.25) is 0 Å². The lowest BCUT2D eigenvalue weighted by molar-refractivity contribution is 0.878. The molecule has 2 rings (SSSR count). The molecule has 2 aromatic heterocycles. The maximum absolute atomic E-state index is 5.75. The minimum absolute atomic E-state index is 0.705. The van der Waals surface area contributed by atoms with Gasteiger partial charge in [-0.25, -0.2) is 15.0 Å². The predicted octanol–water partition coefficient (Wildman–Crippen LogP) is 2.84. The normalized spacial score (nSPS) is 10.7. The topological polar surface area (TPSA) is 64.7 Å². The molecule has 0 aliphatic carbocycles. The van der Waals surface area contributed by atoms with Gasteiger partial charge in [0.2, 0.25) is 0 Å².